The maximum atomic E-state index is 14.1. The van der Waals surface area contributed by atoms with Gasteiger partial charge in [0.15, 0.2) is 23.3 Å². The Kier molecular flexibility index (Phi) is 5.76. The van der Waals surface area contributed by atoms with Crippen LogP contribution in [0.3, 0.4) is 0 Å². The van der Waals surface area contributed by atoms with Crippen LogP contribution in [-0.4, -0.2) is 19.0 Å². The summed E-state index contributed by atoms with van der Waals surface area (Å²) in [6.07, 6.45) is 0. The Morgan fingerprint density at radius 1 is 0.808 bits per heavy atom. The highest BCUT2D eigenvalue weighted by Crippen LogP contribution is 2.33. The van der Waals surface area contributed by atoms with E-state index in [2.05, 4.69) is 0 Å². The summed E-state index contributed by atoms with van der Waals surface area (Å²) in [5.74, 6) is -7.21. The van der Waals surface area contributed by atoms with Crippen molar-refractivity contribution in [2.45, 2.75) is 0 Å². The molecule has 0 atom stereocenters. The van der Waals surface area contributed by atoms with E-state index in [1.54, 1.807) is 19.0 Å². The van der Waals surface area contributed by atoms with Crippen molar-refractivity contribution in [3.63, 3.8) is 0 Å². The third-order valence-electron chi connectivity index (χ3n) is 3.55. The van der Waals surface area contributed by atoms with Gasteiger partial charge in [-0.15, -0.1) is 0 Å². The average molecular weight is 366 g/mol. The van der Waals surface area contributed by atoms with Crippen LogP contribution in [0.25, 0.3) is 11.7 Å². The van der Waals surface area contributed by atoms with Crippen LogP contribution in [-0.2, 0) is 0 Å². The molecule has 0 amide bonds. The third kappa shape index (κ3) is 4.08. The van der Waals surface area contributed by atoms with Crippen molar-refractivity contribution in [1.29, 1.82) is 0 Å². The molecular weight excluding hydrogens is 352 g/mol. The Bertz CT molecular complexity index is 873. The van der Waals surface area contributed by atoms with E-state index >= 15 is 0 Å². The lowest BCUT2D eigenvalue weighted by molar-refractivity contribution is -0.384. The van der Waals surface area contributed by atoms with Crippen LogP contribution in [0.4, 0.5) is 28.9 Å². The minimum absolute atomic E-state index is 0.250. The van der Waals surface area contributed by atoms with Gasteiger partial charge in [0.1, 0.15) is 0 Å². The molecule has 0 aliphatic carbocycles. The minimum atomic E-state index is -2.02. The lowest BCUT2D eigenvalue weighted by atomic mass is 10.1. The number of rotatable bonds is 5. The molecule has 26 heavy (non-hydrogen) atoms. The second-order valence-electron chi connectivity index (χ2n) is 5.50. The molecule has 2 aromatic rings. The Labute approximate surface area is 146 Å². The Morgan fingerprint density at radius 3 is 1.54 bits per heavy atom. The van der Waals surface area contributed by atoms with Gasteiger partial charge in [-0.3, -0.25) is 10.1 Å². The molecule has 0 aliphatic rings. The van der Waals surface area contributed by atoms with Crippen LogP contribution < -0.4 is 4.90 Å². The van der Waals surface area contributed by atoms with Gasteiger partial charge < -0.3 is 4.90 Å². The predicted octanol–water partition coefficient (Wildman–Crippen LogP) is 5.58. The minimum Gasteiger partial charge on any atom is -0.378 e. The lowest BCUT2D eigenvalue weighted by Crippen LogP contribution is -2.08. The highest BCUT2D eigenvalue weighted by Gasteiger charge is 2.20. The number of benzene rings is 2. The quantitative estimate of drug-likeness (QED) is 0.300. The molecule has 2 rings (SSSR count). The van der Waals surface area contributed by atoms with Crippen molar-refractivity contribution in [2.75, 3.05) is 19.0 Å². The summed E-state index contributed by atoms with van der Waals surface area (Å²) < 4.78 is 56.1. The fourth-order valence-electron chi connectivity index (χ4n) is 2.08. The molecule has 0 N–H and O–H groups in total. The van der Waals surface area contributed by atoms with Crippen LogP contribution >= 0.6 is 0 Å². The number of anilines is 1. The first-order chi connectivity index (χ1) is 12.2. The topological polar surface area (TPSA) is 46.4 Å². The first-order valence-electron chi connectivity index (χ1n) is 7.36. The van der Waals surface area contributed by atoms with Crippen molar-refractivity contribution in [3.8, 4) is 0 Å². The van der Waals surface area contributed by atoms with E-state index in [-0.39, 0.29) is 11.3 Å². The van der Waals surface area contributed by atoms with Gasteiger partial charge in [0.2, 0.25) is 0 Å². The highest BCUT2D eigenvalue weighted by molar-refractivity contribution is 5.72. The van der Waals surface area contributed by atoms with Gasteiger partial charge in [-0.1, -0.05) is 0 Å². The molecule has 4 nitrogen and oxygen atoms in total. The van der Waals surface area contributed by atoms with Crippen LogP contribution in [0, 0.1) is 10.1 Å². The van der Waals surface area contributed by atoms with E-state index in [0.717, 1.165) is 30.0 Å². The number of nitro groups is 1. The fraction of sp³-hybridized carbons (Fsp3) is 0.111. The number of halogens is 4. The zero-order valence-corrected chi connectivity index (χ0v) is 13.8. The molecule has 2 aromatic carbocycles. The maximum absolute atomic E-state index is 14.1. The number of allylic oxidation sites excluding steroid dienone is 2. The van der Waals surface area contributed by atoms with Gasteiger partial charge in [0, 0.05) is 43.0 Å². The second kappa shape index (κ2) is 7.81. The Morgan fingerprint density at radius 2 is 1.19 bits per heavy atom. The van der Waals surface area contributed by atoms with Crippen molar-refractivity contribution in [3.05, 3.63) is 81.4 Å². The van der Waals surface area contributed by atoms with E-state index in [1.165, 1.54) is 24.3 Å². The van der Waals surface area contributed by atoms with E-state index in [0.29, 0.717) is 0 Å². The molecule has 136 valence electrons. The highest BCUT2D eigenvalue weighted by atomic mass is 19.2. The molecule has 0 radical (unpaired) electrons. The molecule has 0 spiro atoms. The van der Waals surface area contributed by atoms with Gasteiger partial charge in [0.25, 0.3) is 5.69 Å². The zero-order valence-electron chi connectivity index (χ0n) is 13.8. The predicted molar refractivity (Wildman–Crippen MR) is 92.1 cm³/mol. The molecule has 0 bridgehead atoms. The second-order valence-corrected chi connectivity index (χ2v) is 5.50. The normalized spacial score (nSPS) is 13.0. The SMILES string of the molecule is CN(C)c1ccc(/C(F)=C(F)/C(F)=C(\F)c2ccc([N+](=O)[O-])cc2)cc1. The average Bonchev–Trinajstić information content (AvgIpc) is 2.65. The number of nitrogens with zero attached hydrogens (tertiary/aromatic N) is 2. The summed E-state index contributed by atoms with van der Waals surface area (Å²) in [5, 5.41) is 10.5. The summed E-state index contributed by atoms with van der Waals surface area (Å²) in [6.45, 7) is 0. The largest absolute Gasteiger partial charge is 0.378 e. The van der Waals surface area contributed by atoms with E-state index in [1.807, 2.05) is 0 Å². The van der Waals surface area contributed by atoms with Gasteiger partial charge in [-0.25, -0.2) is 17.6 Å². The van der Waals surface area contributed by atoms with Gasteiger partial charge in [0.05, 0.1) is 4.92 Å². The number of hydrogen-bond donors (Lipinski definition) is 0. The first-order valence-corrected chi connectivity index (χ1v) is 7.36. The van der Waals surface area contributed by atoms with Gasteiger partial charge in [-0.2, -0.15) is 0 Å². The first kappa shape index (κ1) is 19.2. The Hall–Kier alpha value is -3.16. The van der Waals surface area contributed by atoms with Crippen molar-refractivity contribution in [2.24, 2.45) is 0 Å². The van der Waals surface area contributed by atoms with Crippen molar-refractivity contribution >= 4 is 23.0 Å². The number of non-ortho nitro benzene ring substituents is 1. The molecule has 0 heterocycles. The standard InChI is InChI=1S/C18H14F4N2O2/c1-23(2)13-7-3-11(4-8-13)15(19)17(21)18(22)16(20)12-5-9-14(10-6-12)24(25)26/h3-10H,1-2H3/b17-15+,18-16+. The van der Waals surface area contributed by atoms with E-state index in [4.69, 9.17) is 0 Å². The lowest BCUT2D eigenvalue weighted by Gasteiger charge is -2.12. The molecule has 0 fully saturated rings. The molecule has 0 aliphatic heterocycles. The monoisotopic (exact) mass is 366 g/mol. The van der Waals surface area contributed by atoms with Crippen LogP contribution in [0.5, 0.6) is 0 Å². The molecule has 0 aromatic heterocycles. The van der Waals surface area contributed by atoms with Gasteiger partial charge >= 0.3 is 0 Å². The Balaban J connectivity index is 2.38. The summed E-state index contributed by atoms with van der Waals surface area (Å²) in [5.41, 5.74) is -0.320. The van der Waals surface area contributed by atoms with Crippen LogP contribution in [0.2, 0.25) is 0 Å². The van der Waals surface area contributed by atoms with Crippen LogP contribution in [0.1, 0.15) is 11.1 Å². The molecular formula is C18H14F4N2O2. The van der Waals surface area contributed by atoms with Crippen molar-refractivity contribution in [1.82, 2.24) is 0 Å². The summed E-state index contributed by atoms with van der Waals surface area (Å²) in [4.78, 5) is 11.6. The summed E-state index contributed by atoms with van der Waals surface area (Å²) >= 11 is 0. The number of hydrogen-bond acceptors (Lipinski definition) is 3. The van der Waals surface area contributed by atoms with Crippen molar-refractivity contribution < 1.29 is 22.5 Å². The maximum Gasteiger partial charge on any atom is 0.269 e. The molecule has 0 saturated carbocycles. The molecule has 8 heteroatoms. The van der Waals surface area contributed by atoms with Gasteiger partial charge in [-0.05, 0) is 36.4 Å². The molecule has 0 saturated heterocycles. The van der Waals surface area contributed by atoms with E-state index < -0.39 is 33.8 Å². The van der Waals surface area contributed by atoms with E-state index in [9.17, 15) is 27.7 Å². The smallest absolute Gasteiger partial charge is 0.269 e. The zero-order chi connectivity index (χ0) is 19.4. The summed E-state index contributed by atoms with van der Waals surface area (Å²) in [7, 11) is 3.51. The summed E-state index contributed by atoms with van der Waals surface area (Å²) in [6, 6.07) is 9.14. The molecule has 0 unspecified atom stereocenters. The fourth-order valence-corrected chi connectivity index (χ4v) is 2.08. The third-order valence-corrected chi connectivity index (χ3v) is 3.55. The van der Waals surface area contributed by atoms with Crippen LogP contribution in [0.15, 0.2) is 60.2 Å². The number of nitro benzene ring substituents is 1.